The molecule has 0 aromatic heterocycles. The molecule has 0 radical (unpaired) electrons. The van der Waals surface area contributed by atoms with Crippen LogP contribution in [0.5, 0.6) is 0 Å². The van der Waals surface area contributed by atoms with Gasteiger partial charge in [-0.05, 0) is 43.9 Å². The third-order valence-corrected chi connectivity index (χ3v) is 3.31. The number of aryl methyl sites for hydroxylation is 2. The molecule has 4 heteroatoms. The molecular weight excluding hydrogens is 242 g/mol. The Kier molecular flexibility index (Phi) is 5.10. The Balaban J connectivity index is 3.13. The maximum atomic E-state index is 12.1. The number of carboxylic acids is 1. The standard InChI is InChI=1S/C15H21NO3/c1-5-11(6-2)14(17)16-13-10(4)7-9(3)8-12(13)15(18)19/h7-8,11H,5-6H2,1-4H3,(H,16,17)(H,18,19). The van der Waals surface area contributed by atoms with Gasteiger partial charge >= 0.3 is 5.97 Å². The Hall–Kier alpha value is -1.84. The highest BCUT2D eigenvalue weighted by atomic mass is 16.4. The number of amides is 1. The van der Waals surface area contributed by atoms with Crippen LogP contribution in [0.3, 0.4) is 0 Å². The van der Waals surface area contributed by atoms with Crippen molar-refractivity contribution in [3.05, 3.63) is 28.8 Å². The topological polar surface area (TPSA) is 66.4 Å². The molecule has 0 heterocycles. The number of benzene rings is 1. The van der Waals surface area contributed by atoms with E-state index < -0.39 is 5.97 Å². The van der Waals surface area contributed by atoms with Gasteiger partial charge in [0.15, 0.2) is 0 Å². The van der Waals surface area contributed by atoms with Crippen molar-refractivity contribution in [3.63, 3.8) is 0 Å². The Morgan fingerprint density at radius 3 is 2.26 bits per heavy atom. The third kappa shape index (κ3) is 3.56. The Morgan fingerprint density at radius 1 is 1.21 bits per heavy atom. The van der Waals surface area contributed by atoms with E-state index in [0.29, 0.717) is 5.69 Å². The first-order valence-electron chi connectivity index (χ1n) is 6.56. The van der Waals surface area contributed by atoms with E-state index in [2.05, 4.69) is 5.32 Å². The molecule has 1 rings (SSSR count). The van der Waals surface area contributed by atoms with Gasteiger partial charge in [-0.2, -0.15) is 0 Å². The van der Waals surface area contributed by atoms with E-state index in [1.165, 1.54) is 0 Å². The SMILES string of the molecule is CCC(CC)C(=O)Nc1c(C)cc(C)cc1C(=O)O. The maximum Gasteiger partial charge on any atom is 0.337 e. The summed E-state index contributed by atoms with van der Waals surface area (Å²) in [5.74, 6) is -1.21. The molecule has 0 spiro atoms. The number of aromatic carboxylic acids is 1. The van der Waals surface area contributed by atoms with E-state index in [1.54, 1.807) is 6.07 Å². The van der Waals surface area contributed by atoms with Crippen LogP contribution < -0.4 is 5.32 Å². The van der Waals surface area contributed by atoms with Crippen molar-refractivity contribution in [1.82, 2.24) is 0 Å². The molecule has 1 aromatic rings. The molecule has 0 aliphatic heterocycles. The molecule has 1 aromatic carbocycles. The fourth-order valence-electron chi connectivity index (χ4n) is 2.19. The molecule has 0 saturated carbocycles. The van der Waals surface area contributed by atoms with Crippen LogP contribution >= 0.6 is 0 Å². The van der Waals surface area contributed by atoms with E-state index in [-0.39, 0.29) is 17.4 Å². The number of anilines is 1. The summed E-state index contributed by atoms with van der Waals surface area (Å²) < 4.78 is 0. The predicted octanol–water partition coefficient (Wildman–Crippen LogP) is 3.38. The molecule has 0 unspecified atom stereocenters. The minimum absolute atomic E-state index is 0.0812. The Labute approximate surface area is 113 Å². The highest BCUT2D eigenvalue weighted by Gasteiger charge is 2.19. The third-order valence-electron chi connectivity index (χ3n) is 3.31. The van der Waals surface area contributed by atoms with Gasteiger partial charge in [-0.15, -0.1) is 0 Å². The highest BCUT2D eigenvalue weighted by Crippen LogP contribution is 2.24. The molecule has 104 valence electrons. The van der Waals surface area contributed by atoms with Crippen molar-refractivity contribution in [2.75, 3.05) is 5.32 Å². The van der Waals surface area contributed by atoms with Crippen LogP contribution in [0, 0.1) is 19.8 Å². The van der Waals surface area contributed by atoms with Crippen LogP contribution in [0.25, 0.3) is 0 Å². The first-order chi connectivity index (χ1) is 8.90. The summed E-state index contributed by atoms with van der Waals surface area (Å²) in [6.45, 7) is 7.55. The van der Waals surface area contributed by atoms with Crippen molar-refractivity contribution in [2.45, 2.75) is 40.5 Å². The van der Waals surface area contributed by atoms with Gasteiger partial charge in [-0.25, -0.2) is 4.79 Å². The molecule has 0 bridgehead atoms. The van der Waals surface area contributed by atoms with Gasteiger partial charge in [0.2, 0.25) is 5.91 Å². The molecular formula is C15H21NO3. The first kappa shape index (κ1) is 15.2. The lowest BCUT2D eigenvalue weighted by Gasteiger charge is -2.16. The fourth-order valence-corrected chi connectivity index (χ4v) is 2.19. The lowest BCUT2D eigenvalue weighted by molar-refractivity contribution is -0.120. The fraction of sp³-hybridized carbons (Fsp3) is 0.467. The van der Waals surface area contributed by atoms with Gasteiger partial charge in [0, 0.05) is 5.92 Å². The van der Waals surface area contributed by atoms with Crippen molar-refractivity contribution in [2.24, 2.45) is 5.92 Å². The van der Waals surface area contributed by atoms with E-state index in [4.69, 9.17) is 0 Å². The summed E-state index contributed by atoms with van der Waals surface area (Å²) >= 11 is 0. The van der Waals surface area contributed by atoms with Crippen LogP contribution in [-0.4, -0.2) is 17.0 Å². The van der Waals surface area contributed by atoms with Crippen LogP contribution in [0.2, 0.25) is 0 Å². The molecule has 0 fully saturated rings. The second-order valence-corrected chi connectivity index (χ2v) is 4.81. The summed E-state index contributed by atoms with van der Waals surface area (Å²) in [6.07, 6.45) is 1.49. The first-order valence-corrected chi connectivity index (χ1v) is 6.56. The monoisotopic (exact) mass is 263 g/mol. The van der Waals surface area contributed by atoms with Gasteiger partial charge < -0.3 is 10.4 Å². The summed E-state index contributed by atoms with van der Waals surface area (Å²) in [5.41, 5.74) is 2.21. The minimum atomic E-state index is -1.02. The number of rotatable bonds is 5. The van der Waals surface area contributed by atoms with Crippen molar-refractivity contribution in [1.29, 1.82) is 0 Å². The van der Waals surface area contributed by atoms with Gasteiger partial charge in [-0.1, -0.05) is 19.9 Å². The lowest BCUT2D eigenvalue weighted by Crippen LogP contribution is -2.23. The number of carbonyl (C=O) groups is 2. The maximum absolute atomic E-state index is 12.1. The quantitative estimate of drug-likeness (QED) is 0.855. The molecule has 19 heavy (non-hydrogen) atoms. The van der Waals surface area contributed by atoms with E-state index in [0.717, 1.165) is 24.0 Å². The summed E-state index contributed by atoms with van der Waals surface area (Å²) in [6, 6.07) is 3.45. The molecule has 2 N–H and O–H groups in total. The highest BCUT2D eigenvalue weighted by molar-refractivity contribution is 6.02. The zero-order chi connectivity index (χ0) is 14.6. The van der Waals surface area contributed by atoms with Crippen LogP contribution in [0.1, 0.15) is 48.2 Å². The van der Waals surface area contributed by atoms with Gasteiger partial charge in [0.05, 0.1) is 11.3 Å². The van der Waals surface area contributed by atoms with Gasteiger partial charge in [0.1, 0.15) is 0 Å². The van der Waals surface area contributed by atoms with Gasteiger partial charge in [0.25, 0.3) is 0 Å². The largest absolute Gasteiger partial charge is 0.478 e. The molecule has 0 atom stereocenters. The van der Waals surface area contributed by atoms with Crippen molar-refractivity contribution in [3.8, 4) is 0 Å². The van der Waals surface area contributed by atoms with Crippen LogP contribution in [-0.2, 0) is 4.79 Å². The smallest absolute Gasteiger partial charge is 0.337 e. The van der Waals surface area contributed by atoms with Crippen LogP contribution in [0.4, 0.5) is 5.69 Å². The number of carboxylic acid groups (broad SMARTS) is 1. The van der Waals surface area contributed by atoms with Gasteiger partial charge in [-0.3, -0.25) is 4.79 Å². The van der Waals surface area contributed by atoms with E-state index in [1.807, 2.05) is 33.8 Å². The number of nitrogens with one attached hydrogen (secondary N) is 1. The molecule has 0 aliphatic rings. The zero-order valence-electron chi connectivity index (χ0n) is 11.9. The van der Waals surface area contributed by atoms with Crippen LogP contribution in [0.15, 0.2) is 12.1 Å². The number of carbonyl (C=O) groups excluding carboxylic acids is 1. The Morgan fingerprint density at radius 2 is 1.79 bits per heavy atom. The average molecular weight is 263 g/mol. The predicted molar refractivity (Wildman–Crippen MR) is 75.6 cm³/mol. The lowest BCUT2D eigenvalue weighted by atomic mass is 10.0. The normalized spacial score (nSPS) is 10.6. The van der Waals surface area contributed by atoms with E-state index in [9.17, 15) is 14.7 Å². The summed E-state index contributed by atoms with van der Waals surface area (Å²) in [4.78, 5) is 23.3. The second kappa shape index (κ2) is 6.36. The summed E-state index contributed by atoms with van der Waals surface area (Å²) in [5, 5.41) is 12.0. The zero-order valence-corrected chi connectivity index (χ0v) is 11.9. The summed E-state index contributed by atoms with van der Waals surface area (Å²) in [7, 11) is 0. The minimum Gasteiger partial charge on any atom is -0.478 e. The number of hydrogen-bond donors (Lipinski definition) is 2. The van der Waals surface area contributed by atoms with Crippen molar-refractivity contribution >= 4 is 17.6 Å². The Bertz CT molecular complexity index is 490. The number of hydrogen-bond acceptors (Lipinski definition) is 2. The molecule has 0 aliphatic carbocycles. The second-order valence-electron chi connectivity index (χ2n) is 4.81. The molecule has 0 saturated heterocycles. The van der Waals surface area contributed by atoms with Crippen molar-refractivity contribution < 1.29 is 14.7 Å². The van der Waals surface area contributed by atoms with E-state index >= 15 is 0 Å². The average Bonchev–Trinajstić information content (AvgIpc) is 2.33. The molecule has 4 nitrogen and oxygen atoms in total. The molecule has 1 amide bonds.